The molecule has 0 saturated heterocycles. The van der Waals surface area contributed by atoms with Crippen molar-refractivity contribution in [2.75, 3.05) is 4.90 Å². The average Bonchev–Trinajstić information content (AvgIpc) is 3.41. The fraction of sp³-hybridized carbons (Fsp3) is 0.306. The SMILES string of the molecule is Cc1ccc(N(c2ccc(C)cc2)c2ccc(C3(c4ccc5ccc6cc(C(C)(C)C)cc7ccc4c5c67)CCC(CC(C)(C)c4cc5ccc6ccc(C7(O)CCCCC7)c7ccc(c4)c5c67)CC3)cc2)cc1. The molecule has 0 atom stereocenters. The first kappa shape index (κ1) is 47.0. The number of nitrogens with zero attached hydrogens (tertiary/aromatic N) is 1. The minimum absolute atomic E-state index is 0.0203. The topological polar surface area (TPSA) is 23.5 Å². The van der Waals surface area contributed by atoms with Gasteiger partial charge in [-0.1, -0.05) is 198 Å². The van der Waals surface area contributed by atoms with Crippen LogP contribution in [-0.2, 0) is 21.8 Å². The summed E-state index contributed by atoms with van der Waals surface area (Å²) in [4.78, 5) is 2.41. The van der Waals surface area contributed by atoms with Gasteiger partial charge >= 0.3 is 0 Å². The second-order valence-corrected chi connectivity index (χ2v) is 24.9. The summed E-state index contributed by atoms with van der Waals surface area (Å²) in [7, 11) is 0. The first-order valence-corrected chi connectivity index (χ1v) is 27.9. The van der Waals surface area contributed by atoms with Crippen LogP contribution in [0.1, 0.15) is 138 Å². The molecule has 74 heavy (non-hydrogen) atoms. The summed E-state index contributed by atoms with van der Waals surface area (Å²) < 4.78 is 0. The molecule has 2 saturated carbocycles. The van der Waals surface area contributed by atoms with E-state index in [9.17, 15) is 5.11 Å². The van der Waals surface area contributed by atoms with Gasteiger partial charge in [0.2, 0.25) is 0 Å². The molecular formula is C72H71NO. The van der Waals surface area contributed by atoms with Crippen molar-refractivity contribution >= 4 is 81.7 Å². The third kappa shape index (κ3) is 7.77. The zero-order chi connectivity index (χ0) is 50.7. The maximum absolute atomic E-state index is 12.0. The Labute approximate surface area is 438 Å². The van der Waals surface area contributed by atoms with Crippen molar-refractivity contribution in [3.8, 4) is 0 Å². The Hall–Kier alpha value is -6.74. The molecule has 1 N–H and O–H groups in total. The van der Waals surface area contributed by atoms with Crippen LogP contribution in [0.15, 0.2) is 170 Å². The van der Waals surface area contributed by atoms with Gasteiger partial charge in [-0.05, 0) is 204 Å². The molecule has 0 aliphatic heterocycles. The predicted octanol–water partition coefficient (Wildman–Crippen LogP) is 19.9. The monoisotopic (exact) mass is 966 g/mol. The van der Waals surface area contributed by atoms with E-state index in [1.165, 1.54) is 134 Å². The molecule has 2 heteroatoms. The minimum atomic E-state index is -0.740. The van der Waals surface area contributed by atoms with E-state index in [0.29, 0.717) is 5.92 Å². The molecule has 2 aliphatic rings. The molecule has 0 unspecified atom stereocenters. The molecule has 11 aromatic rings. The van der Waals surface area contributed by atoms with E-state index >= 15 is 0 Å². The Kier molecular flexibility index (Phi) is 11.1. The largest absolute Gasteiger partial charge is 0.385 e. The molecule has 2 aliphatic carbocycles. The summed E-state index contributed by atoms with van der Waals surface area (Å²) in [5, 5.41) is 28.0. The molecular weight excluding hydrogens is 895 g/mol. The van der Waals surface area contributed by atoms with Gasteiger partial charge in [0.15, 0.2) is 0 Å². The second-order valence-electron chi connectivity index (χ2n) is 24.9. The minimum Gasteiger partial charge on any atom is -0.385 e. The van der Waals surface area contributed by atoms with Gasteiger partial charge in [0.1, 0.15) is 0 Å². The molecule has 0 heterocycles. The Morgan fingerprint density at radius 2 is 0.865 bits per heavy atom. The van der Waals surface area contributed by atoms with Crippen molar-refractivity contribution in [2.24, 2.45) is 5.92 Å². The highest BCUT2D eigenvalue weighted by molar-refractivity contribution is 6.25. The lowest BCUT2D eigenvalue weighted by Crippen LogP contribution is -2.35. The van der Waals surface area contributed by atoms with Gasteiger partial charge < -0.3 is 10.0 Å². The van der Waals surface area contributed by atoms with Gasteiger partial charge in [-0.2, -0.15) is 0 Å². The molecule has 370 valence electrons. The zero-order valence-corrected chi connectivity index (χ0v) is 44.7. The Morgan fingerprint density at radius 3 is 1.36 bits per heavy atom. The van der Waals surface area contributed by atoms with Gasteiger partial charge in [0.05, 0.1) is 5.60 Å². The number of hydrogen-bond donors (Lipinski definition) is 1. The first-order chi connectivity index (χ1) is 35.7. The zero-order valence-electron chi connectivity index (χ0n) is 44.7. The van der Waals surface area contributed by atoms with E-state index in [2.05, 4.69) is 223 Å². The molecule has 2 nitrogen and oxygen atoms in total. The van der Waals surface area contributed by atoms with Crippen LogP contribution in [0, 0.1) is 19.8 Å². The van der Waals surface area contributed by atoms with Crippen molar-refractivity contribution < 1.29 is 5.11 Å². The number of hydrogen-bond acceptors (Lipinski definition) is 2. The summed E-state index contributed by atoms with van der Waals surface area (Å²) in [5.74, 6) is 0.594. The number of anilines is 3. The predicted molar refractivity (Wildman–Crippen MR) is 317 cm³/mol. The lowest BCUT2D eigenvalue weighted by Gasteiger charge is -2.44. The lowest BCUT2D eigenvalue weighted by atomic mass is 9.60. The van der Waals surface area contributed by atoms with E-state index in [1.54, 1.807) is 0 Å². The van der Waals surface area contributed by atoms with Crippen LogP contribution in [0.5, 0.6) is 0 Å². The van der Waals surface area contributed by atoms with E-state index in [-0.39, 0.29) is 16.2 Å². The van der Waals surface area contributed by atoms with Gasteiger partial charge in [-0.25, -0.2) is 0 Å². The molecule has 11 aromatic carbocycles. The summed E-state index contributed by atoms with van der Waals surface area (Å²) >= 11 is 0. The number of benzene rings is 11. The second kappa shape index (κ2) is 17.4. The molecule has 0 aromatic heterocycles. The highest BCUT2D eigenvalue weighted by Gasteiger charge is 2.42. The van der Waals surface area contributed by atoms with Crippen molar-refractivity contribution in [2.45, 2.75) is 135 Å². The Morgan fingerprint density at radius 1 is 0.446 bits per heavy atom. The molecule has 0 radical (unpaired) electrons. The fourth-order valence-corrected chi connectivity index (χ4v) is 14.4. The van der Waals surface area contributed by atoms with E-state index in [1.807, 2.05) is 0 Å². The lowest BCUT2D eigenvalue weighted by molar-refractivity contribution is 0.000780. The van der Waals surface area contributed by atoms with E-state index in [0.717, 1.165) is 50.5 Å². The normalized spacial score (nSPS) is 18.7. The smallest absolute Gasteiger partial charge is 0.0902 e. The maximum atomic E-state index is 12.0. The van der Waals surface area contributed by atoms with Crippen LogP contribution >= 0.6 is 0 Å². The highest BCUT2D eigenvalue weighted by Crippen LogP contribution is 2.53. The van der Waals surface area contributed by atoms with Crippen molar-refractivity contribution in [3.63, 3.8) is 0 Å². The summed E-state index contributed by atoms with van der Waals surface area (Å²) in [6.45, 7) is 16.3. The standard InChI is InChI=1S/C72H71NO/c1-46-11-25-58(26-12-46)73(59-27-13-47(2)14-28-59)60-29-23-55(24-30-60)71(63-33-21-49-15-17-51-41-56(69(3,4)5)42-53-19-31-61(63)67(49)65(51)53)39-35-48(36-40-71)45-70(6,7)57-43-52-18-16-50-22-34-64(72(74)37-9-8-10-38-72)62-32-20-54(44-57)66(52)68(50)62/h11-34,41-44,48,74H,8-10,35-40,45H2,1-7H3. The first-order valence-electron chi connectivity index (χ1n) is 27.9. The Balaban J connectivity index is 0.875. The summed E-state index contributed by atoms with van der Waals surface area (Å²) in [5.41, 5.74) is 12.0. The van der Waals surface area contributed by atoms with Crippen molar-refractivity contribution in [1.29, 1.82) is 0 Å². The third-order valence-corrected chi connectivity index (χ3v) is 18.6. The van der Waals surface area contributed by atoms with Crippen LogP contribution in [0.3, 0.4) is 0 Å². The Bertz CT molecular complexity index is 3790. The number of aryl methyl sites for hydroxylation is 2. The summed E-state index contributed by atoms with van der Waals surface area (Å²) in [6, 6.07) is 65.9. The highest BCUT2D eigenvalue weighted by atomic mass is 16.3. The number of aliphatic hydroxyl groups is 1. The van der Waals surface area contributed by atoms with Gasteiger partial charge in [-0.15, -0.1) is 0 Å². The average molecular weight is 966 g/mol. The molecule has 0 amide bonds. The van der Waals surface area contributed by atoms with Gasteiger partial charge in [0.25, 0.3) is 0 Å². The van der Waals surface area contributed by atoms with Crippen LogP contribution in [-0.4, -0.2) is 5.11 Å². The fourth-order valence-electron chi connectivity index (χ4n) is 14.4. The quantitative estimate of drug-likeness (QED) is 0.146. The molecule has 0 bridgehead atoms. The summed E-state index contributed by atoms with van der Waals surface area (Å²) in [6.07, 6.45) is 10.8. The van der Waals surface area contributed by atoms with E-state index in [4.69, 9.17) is 0 Å². The van der Waals surface area contributed by atoms with E-state index < -0.39 is 5.60 Å². The maximum Gasteiger partial charge on any atom is 0.0902 e. The molecule has 0 spiro atoms. The molecule has 13 rings (SSSR count). The molecule has 2 fully saturated rings. The van der Waals surface area contributed by atoms with Crippen molar-refractivity contribution in [3.05, 3.63) is 209 Å². The van der Waals surface area contributed by atoms with Gasteiger partial charge in [-0.3, -0.25) is 0 Å². The van der Waals surface area contributed by atoms with Crippen LogP contribution in [0.2, 0.25) is 0 Å². The number of rotatable bonds is 9. The van der Waals surface area contributed by atoms with Crippen LogP contribution in [0.4, 0.5) is 17.1 Å². The van der Waals surface area contributed by atoms with Crippen molar-refractivity contribution in [1.82, 2.24) is 0 Å². The van der Waals surface area contributed by atoms with Crippen LogP contribution < -0.4 is 4.90 Å². The third-order valence-electron chi connectivity index (χ3n) is 18.6. The van der Waals surface area contributed by atoms with Crippen LogP contribution in [0.25, 0.3) is 64.6 Å². The van der Waals surface area contributed by atoms with Gasteiger partial charge in [0, 0.05) is 22.5 Å².